The molecule has 2 unspecified atom stereocenters. The van der Waals surface area contributed by atoms with Gasteiger partial charge in [0.25, 0.3) is 0 Å². The number of hydrogen-bond acceptors (Lipinski definition) is 0. The van der Waals surface area contributed by atoms with Gasteiger partial charge in [-0.15, -0.1) is 0 Å². The van der Waals surface area contributed by atoms with Crippen molar-refractivity contribution in [1.82, 2.24) is 0 Å². The van der Waals surface area contributed by atoms with Crippen LogP contribution >= 0.6 is 0 Å². The van der Waals surface area contributed by atoms with E-state index in [2.05, 4.69) is 0 Å². The highest BCUT2D eigenvalue weighted by molar-refractivity contribution is 5.18. The number of rotatable bonds is 1. The third kappa shape index (κ3) is 0.907. The van der Waals surface area contributed by atoms with E-state index in [-0.39, 0.29) is 0 Å². The van der Waals surface area contributed by atoms with E-state index in [1.165, 1.54) is 11.8 Å². The van der Waals surface area contributed by atoms with E-state index in [1.54, 1.807) is 64.2 Å². The summed E-state index contributed by atoms with van der Waals surface area (Å²) in [4.78, 5) is 0. The Morgan fingerprint density at radius 3 is 1.29 bits per heavy atom. The van der Waals surface area contributed by atoms with Crippen molar-refractivity contribution in [1.29, 1.82) is 0 Å². The Labute approximate surface area is 87.5 Å². The van der Waals surface area contributed by atoms with Crippen molar-refractivity contribution in [3.8, 4) is 0 Å². The zero-order chi connectivity index (χ0) is 9.23. The molecule has 0 bridgehead atoms. The van der Waals surface area contributed by atoms with E-state index >= 15 is 0 Å². The topological polar surface area (TPSA) is 0 Å². The molecule has 4 aliphatic carbocycles. The molecule has 0 radical (unpaired) electrons. The van der Waals surface area contributed by atoms with E-state index < -0.39 is 0 Å². The lowest BCUT2D eigenvalue weighted by molar-refractivity contribution is 0.378. The average Bonchev–Trinajstić information content (AvgIpc) is 2.82. The fourth-order valence-corrected chi connectivity index (χ4v) is 5.20. The van der Waals surface area contributed by atoms with Gasteiger partial charge in [0, 0.05) is 0 Å². The first-order chi connectivity index (χ1) is 6.85. The third-order valence-corrected chi connectivity index (χ3v) is 6.19. The van der Waals surface area contributed by atoms with Crippen LogP contribution in [0.3, 0.4) is 0 Å². The Kier molecular flexibility index (Phi) is 1.40. The quantitative estimate of drug-likeness (QED) is 0.583. The van der Waals surface area contributed by atoms with Crippen LogP contribution < -0.4 is 0 Å². The molecule has 0 aromatic heterocycles. The third-order valence-electron chi connectivity index (χ3n) is 6.19. The standard InChI is InChI=1S/C14H22/c1-2-6-13(5-1)9-11(13)12-10-14(12)7-3-4-8-14/h11-12H,1-10H2. The molecule has 0 heteroatoms. The minimum Gasteiger partial charge on any atom is -0.0527 e. The van der Waals surface area contributed by atoms with Crippen molar-refractivity contribution in [3.63, 3.8) is 0 Å². The summed E-state index contributed by atoms with van der Waals surface area (Å²) in [5, 5.41) is 0. The van der Waals surface area contributed by atoms with Crippen molar-refractivity contribution in [3.05, 3.63) is 0 Å². The van der Waals surface area contributed by atoms with Crippen molar-refractivity contribution < 1.29 is 0 Å². The molecule has 4 aliphatic rings. The lowest BCUT2D eigenvalue weighted by atomic mass is 9.94. The molecule has 4 fully saturated rings. The molecule has 4 saturated carbocycles. The molecular weight excluding hydrogens is 168 g/mol. The molecular formula is C14H22. The Morgan fingerprint density at radius 1 is 0.571 bits per heavy atom. The van der Waals surface area contributed by atoms with E-state index in [4.69, 9.17) is 0 Å². The summed E-state index contributed by atoms with van der Waals surface area (Å²) in [7, 11) is 0. The van der Waals surface area contributed by atoms with Crippen LogP contribution in [0.5, 0.6) is 0 Å². The van der Waals surface area contributed by atoms with E-state index in [1.807, 2.05) is 0 Å². The van der Waals surface area contributed by atoms with Gasteiger partial charge in [-0.1, -0.05) is 25.7 Å². The zero-order valence-corrected chi connectivity index (χ0v) is 9.23. The second kappa shape index (κ2) is 2.39. The molecule has 0 heterocycles. The van der Waals surface area contributed by atoms with Crippen molar-refractivity contribution >= 4 is 0 Å². The highest BCUT2D eigenvalue weighted by atomic mass is 14.7. The maximum Gasteiger partial charge on any atom is -0.0263 e. The van der Waals surface area contributed by atoms with E-state index in [9.17, 15) is 0 Å². The Morgan fingerprint density at radius 2 is 0.929 bits per heavy atom. The van der Waals surface area contributed by atoms with Crippen LogP contribution in [0.1, 0.15) is 64.2 Å². The minimum atomic E-state index is 0.927. The molecule has 14 heavy (non-hydrogen) atoms. The average molecular weight is 190 g/mol. The molecule has 4 rings (SSSR count). The van der Waals surface area contributed by atoms with Gasteiger partial charge in [-0.2, -0.15) is 0 Å². The smallest absolute Gasteiger partial charge is 0.0263 e. The van der Waals surface area contributed by atoms with Crippen molar-refractivity contribution in [2.75, 3.05) is 0 Å². The van der Waals surface area contributed by atoms with Crippen LogP contribution in [-0.2, 0) is 0 Å². The summed E-state index contributed by atoms with van der Waals surface area (Å²) in [5.74, 6) is 2.42. The number of hydrogen-bond donors (Lipinski definition) is 0. The summed E-state index contributed by atoms with van der Waals surface area (Å²) < 4.78 is 0. The van der Waals surface area contributed by atoms with Gasteiger partial charge in [0.15, 0.2) is 0 Å². The summed E-state index contributed by atoms with van der Waals surface area (Å²) >= 11 is 0. The highest BCUT2D eigenvalue weighted by Crippen LogP contribution is 2.77. The van der Waals surface area contributed by atoms with Gasteiger partial charge in [-0.3, -0.25) is 0 Å². The van der Waals surface area contributed by atoms with E-state index in [0.29, 0.717) is 0 Å². The maximum atomic E-state index is 1.64. The monoisotopic (exact) mass is 190 g/mol. The lowest BCUT2D eigenvalue weighted by Crippen LogP contribution is -2.04. The molecule has 0 aliphatic heterocycles. The second-order valence-electron chi connectivity index (χ2n) is 6.76. The Balaban J connectivity index is 1.48. The van der Waals surface area contributed by atoms with Crippen LogP contribution in [0.15, 0.2) is 0 Å². The van der Waals surface area contributed by atoms with Crippen LogP contribution in [0, 0.1) is 22.7 Å². The lowest BCUT2D eigenvalue weighted by Gasteiger charge is -2.11. The van der Waals surface area contributed by atoms with Gasteiger partial charge >= 0.3 is 0 Å². The summed E-state index contributed by atoms with van der Waals surface area (Å²) in [6, 6.07) is 0. The molecule has 78 valence electrons. The Bertz CT molecular complexity index is 225. The Hall–Kier alpha value is 0. The molecule has 0 aromatic rings. The minimum absolute atomic E-state index is 0.927. The molecule has 0 amide bonds. The molecule has 0 aromatic carbocycles. The fraction of sp³-hybridized carbons (Fsp3) is 1.00. The normalized spacial score (nSPS) is 46.3. The largest absolute Gasteiger partial charge is 0.0527 e. The molecule has 2 spiro atoms. The van der Waals surface area contributed by atoms with Crippen LogP contribution in [0.2, 0.25) is 0 Å². The van der Waals surface area contributed by atoms with E-state index in [0.717, 1.165) is 10.8 Å². The molecule has 0 saturated heterocycles. The van der Waals surface area contributed by atoms with Crippen molar-refractivity contribution in [2.24, 2.45) is 22.7 Å². The zero-order valence-electron chi connectivity index (χ0n) is 9.23. The van der Waals surface area contributed by atoms with Gasteiger partial charge in [-0.25, -0.2) is 0 Å². The van der Waals surface area contributed by atoms with Crippen LogP contribution in [0.4, 0.5) is 0 Å². The summed E-state index contributed by atoms with van der Waals surface area (Å²) in [5.41, 5.74) is 1.85. The first kappa shape index (κ1) is 8.19. The second-order valence-corrected chi connectivity index (χ2v) is 6.76. The highest BCUT2D eigenvalue weighted by Gasteiger charge is 2.68. The predicted molar refractivity (Wildman–Crippen MR) is 58.0 cm³/mol. The fourth-order valence-electron chi connectivity index (χ4n) is 5.20. The maximum absolute atomic E-state index is 1.64. The first-order valence-corrected chi connectivity index (χ1v) is 6.85. The molecule has 2 atom stereocenters. The SMILES string of the molecule is C1CCC2(C1)CC2C1CC12CCCC2. The van der Waals surface area contributed by atoms with Gasteiger partial charge < -0.3 is 0 Å². The predicted octanol–water partition coefficient (Wildman–Crippen LogP) is 4.15. The first-order valence-electron chi connectivity index (χ1n) is 6.85. The van der Waals surface area contributed by atoms with Crippen LogP contribution in [0.25, 0.3) is 0 Å². The summed E-state index contributed by atoms with van der Waals surface area (Å²) in [6.07, 6.45) is 15.9. The summed E-state index contributed by atoms with van der Waals surface area (Å²) in [6.45, 7) is 0. The van der Waals surface area contributed by atoms with Crippen molar-refractivity contribution in [2.45, 2.75) is 64.2 Å². The molecule has 0 N–H and O–H groups in total. The van der Waals surface area contributed by atoms with Crippen LogP contribution in [-0.4, -0.2) is 0 Å². The van der Waals surface area contributed by atoms with Gasteiger partial charge in [0.05, 0.1) is 0 Å². The molecule has 0 nitrogen and oxygen atoms in total. The van der Waals surface area contributed by atoms with Gasteiger partial charge in [0.1, 0.15) is 0 Å². The van der Waals surface area contributed by atoms with Gasteiger partial charge in [-0.05, 0) is 61.2 Å². The van der Waals surface area contributed by atoms with Gasteiger partial charge in [0.2, 0.25) is 0 Å².